The van der Waals surface area contributed by atoms with Crippen molar-refractivity contribution in [3.05, 3.63) is 29.8 Å². The van der Waals surface area contributed by atoms with Crippen molar-refractivity contribution in [2.45, 2.75) is 13.3 Å². The SMILES string of the molecule is CC1=NNC(=O)[C@H]1CC(=O)N/N=C\c1cccc(O)c1. The molecule has 20 heavy (non-hydrogen) atoms. The lowest BCUT2D eigenvalue weighted by Crippen LogP contribution is -2.29. The molecule has 1 heterocycles. The second-order valence-corrected chi connectivity index (χ2v) is 4.37. The molecule has 0 bridgehead atoms. The standard InChI is InChI=1S/C13H14N4O3/c1-8-11(13(20)17-15-8)6-12(19)16-14-7-9-3-2-4-10(18)5-9/h2-5,7,11,18H,6H2,1H3,(H,16,19)(H,17,20)/b14-7-/t11-/m0/s1. The Labute approximate surface area is 115 Å². The van der Waals surface area contributed by atoms with Crippen LogP contribution in [0.15, 0.2) is 34.5 Å². The quantitative estimate of drug-likeness (QED) is 0.545. The van der Waals surface area contributed by atoms with Gasteiger partial charge in [-0.15, -0.1) is 0 Å². The second kappa shape index (κ2) is 5.96. The van der Waals surface area contributed by atoms with Gasteiger partial charge in [0.1, 0.15) is 5.75 Å². The number of nitrogens with one attached hydrogen (secondary N) is 2. The Bertz CT molecular complexity index is 595. The smallest absolute Gasteiger partial charge is 0.249 e. The summed E-state index contributed by atoms with van der Waals surface area (Å²) in [6.07, 6.45) is 1.41. The molecule has 2 rings (SSSR count). The molecule has 1 atom stereocenters. The summed E-state index contributed by atoms with van der Waals surface area (Å²) in [4.78, 5) is 23.0. The van der Waals surface area contributed by atoms with Crippen LogP contribution in [0.5, 0.6) is 5.75 Å². The number of phenols is 1. The zero-order valence-corrected chi connectivity index (χ0v) is 10.8. The lowest BCUT2D eigenvalue weighted by Gasteiger charge is -2.05. The predicted molar refractivity (Wildman–Crippen MR) is 73.2 cm³/mol. The van der Waals surface area contributed by atoms with E-state index in [0.717, 1.165) is 0 Å². The van der Waals surface area contributed by atoms with E-state index in [2.05, 4.69) is 21.1 Å². The van der Waals surface area contributed by atoms with Gasteiger partial charge >= 0.3 is 0 Å². The molecule has 1 aromatic carbocycles. The molecule has 3 N–H and O–H groups in total. The molecule has 0 unspecified atom stereocenters. The fourth-order valence-corrected chi connectivity index (χ4v) is 1.74. The van der Waals surface area contributed by atoms with Crippen molar-refractivity contribution in [3.63, 3.8) is 0 Å². The molecular formula is C13H14N4O3. The van der Waals surface area contributed by atoms with Crippen molar-refractivity contribution in [2.24, 2.45) is 16.1 Å². The average molecular weight is 274 g/mol. The monoisotopic (exact) mass is 274 g/mol. The number of benzene rings is 1. The zero-order chi connectivity index (χ0) is 14.5. The largest absolute Gasteiger partial charge is 0.508 e. The van der Waals surface area contributed by atoms with Gasteiger partial charge < -0.3 is 5.11 Å². The van der Waals surface area contributed by atoms with E-state index >= 15 is 0 Å². The van der Waals surface area contributed by atoms with Crippen molar-refractivity contribution in [2.75, 3.05) is 0 Å². The molecule has 0 fully saturated rings. The maximum absolute atomic E-state index is 11.6. The topological polar surface area (TPSA) is 103 Å². The van der Waals surface area contributed by atoms with E-state index in [1.54, 1.807) is 19.1 Å². The van der Waals surface area contributed by atoms with E-state index in [0.29, 0.717) is 11.3 Å². The van der Waals surface area contributed by atoms with E-state index in [1.165, 1.54) is 18.3 Å². The Morgan fingerprint density at radius 2 is 2.40 bits per heavy atom. The van der Waals surface area contributed by atoms with Gasteiger partial charge in [-0.2, -0.15) is 10.2 Å². The molecule has 0 saturated carbocycles. The summed E-state index contributed by atoms with van der Waals surface area (Å²) < 4.78 is 0. The Balaban J connectivity index is 1.86. The Kier molecular flexibility index (Phi) is 4.09. The molecule has 1 aliphatic heterocycles. The molecular weight excluding hydrogens is 260 g/mol. The van der Waals surface area contributed by atoms with E-state index < -0.39 is 5.92 Å². The van der Waals surface area contributed by atoms with Crippen molar-refractivity contribution in [3.8, 4) is 5.75 Å². The fourth-order valence-electron chi connectivity index (χ4n) is 1.74. The lowest BCUT2D eigenvalue weighted by atomic mass is 10.0. The highest BCUT2D eigenvalue weighted by Crippen LogP contribution is 2.11. The van der Waals surface area contributed by atoms with Crippen molar-refractivity contribution < 1.29 is 14.7 Å². The summed E-state index contributed by atoms with van der Waals surface area (Å²) in [6, 6.07) is 6.45. The maximum Gasteiger partial charge on any atom is 0.249 e. The molecule has 104 valence electrons. The van der Waals surface area contributed by atoms with Crippen molar-refractivity contribution >= 4 is 23.7 Å². The van der Waals surface area contributed by atoms with Gasteiger partial charge in [-0.05, 0) is 24.6 Å². The highest BCUT2D eigenvalue weighted by atomic mass is 16.3. The minimum Gasteiger partial charge on any atom is -0.508 e. The minimum absolute atomic E-state index is 0.00144. The number of hydrazone groups is 2. The number of rotatable bonds is 4. The molecule has 1 aliphatic rings. The third-order valence-electron chi connectivity index (χ3n) is 2.83. The van der Waals surface area contributed by atoms with E-state index in [9.17, 15) is 14.7 Å². The summed E-state index contributed by atoms with van der Waals surface area (Å²) >= 11 is 0. The van der Waals surface area contributed by atoms with Crippen LogP contribution in [0.25, 0.3) is 0 Å². The van der Waals surface area contributed by atoms with Crippen molar-refractivity contribution in [1.29, 1.82) is 0 Å². The Morgan fingerprint density at radius 1 is 1.60 bits per heavy atom. The number of amides is 2. The number of carbonyl (C=O) groups is 2. The molecule has 0 aromatic heterocycles. The summed E-state index contributed by atoms with van der Waals surface area (Å²) in [5.74, 6) is -1.08. The second-order valence-electron chi connectivity index (χ2n) is 4.37. The zero-order valence-electron chi connectivity index (χ0n) is 10.8. The van der Waals surface area contributed by atoms with Gasteiger partial charge in [-0.3, -0.25) is 9.59 Å². The van der Waals surface area contributed by atoms with Crippen LogP contribution >= 0.6 is 0 Å². The van der Waals surface area contributed by atoms with Gasteiger partial charge in [-0.1, -0.05) is 12.1 Å². The number of nitrogens with zero attached hydrogens (tertiary/aromatic N) is 2. The molecule has 7 nitrogen and oxygen atoms in total. The highest BCUT2D eigenvalue weighted by Gasteiger charge is 2.28. The van der Waals surface area contributed by atoms with Crippen LogP contribution in [0.2, 0.25) is 0 Å². The number of phenolic OH excluding ortho intramolecular Hbond substituents is 1. The van der Waals surface area contributed by atoms with Crippen LogP contribution < -0.4 is 10.9 Å². The molecule has 0 saturated heterocycles. The van der Waals surface area contributed by atoms with Crippen LogP contribution in [0.3, 0.4) is 0 Å². The van der Waals surface area contributed by atoms with Crippen LogP contribution in [-0.2, 0) is 9.59 Å². The van der Waals surface area contributed by atoms with Crippen LogP contribution in [0.1, 0.15) is 18.9 Å². The normalized spacial score (nSPS) is 17.9. The summed E-state index contributed by atoms with van der Waals surface area (Å²) in [5, 5.41) is 16.8. The average Bonchev–Trinajstić information content (AvgIpc) is 2.71. The molecule has 0 radical (unpaired) electrons. The van der Waals surface area contributed by atoms with Gasteiger partial charge in [0.15, 0.2) is 0 Å². The van der Waals surface area contributed by atoms with E-state index in [1.807, 2.05) is 0 Å². The summed E-state index contributed by atoms with van der Waals surface area (Å²) in [7, 11) is 0. The molecule has 0 aliphatic carbocycles. The minimum atomic E-state index is -0.536. The number of hydrogen-bond acceptors (Lipinski definition) is 5. The van der Waals surface area contributed by atoms with Gasteiger partial charge in [-0.25, -0.2) is 10.9 Å². The highest BCUT2D eigenvalue weighted by molar-refractivity contribution is 6.09. The van der Waals surface area contributed by atoms with Gasteiger partial charge in [0.25, 0.3) is 0 Å². The number of hydrogen-bond donors (Lipinski definition) is 3. The van der Waals surface area contributed by atoms with Crippen molar-refractivity contribution in [1.82, 2.24) is 10.9 Å². The summed E-state index contributed by atoms with van der Waals surface area (Å²) in [5.41, 5.74) is 5.89. The summed E-state index contributed by atoms with van der Waals surface area (Å²) in [6.45, 7) is 1.69. The first-order valence-corrected chi connectivity index (χ1v) is 6.01. The molecule has 1 aromatic rings. The van der Waals surface area contributed by atoms with Crippen LogP contribution in [0.4, 0.5) is 0 Å². The Hall–Kier alpha value is -2.70. The van der Waals surface area contributed by atoms with Gasteiger partial charge in [0.05, 0.1) is 12.1 Å². The van der Waals surface area contributed by atoms with Gasteiger partial charge in [0, 0.05) is 12.1 Å². The lowest BCUT2D eigenvalue weighted by molar-refractivity contribution is -0.127. The number of aromatic hydroxyl groups is 1. The third-order valence-corrected chi connectivity index (χ3v) is 2.83. The van der Waals surface area contributed by atoms with Gasteiger partial charge in [0.2, 0.25) is 11.8 Å². The van der Waals surface area contributed by atoms with E-state index in [-0.39, 0.29) is 24.0 Å². The van der Waals surface area contributed by atoms with Crippen LogP contribution in [-0.4, -0.2) is 28.8 Å². The first-order valence-electron chi connectivity index (χ1n) is 6.01. The molecule has 0 spiro atoms. The fraction of sp³-hybridized carbons (Fsp3) is 0.231. The molecule has 7 heteroatoms. The molecule has 2 amide bonds. The number of carbonyl (C=O) groups excluding carboxylic acids is 2. The first kappa shape index (κ1) is 13.7. The third kappa shape index (κ3) is 3.41. The maximum atomic E-state index is 11.6. The predicted octanol–water partition coefficient (Wildman–Crippen LogP) is 0.354. The Morgan fingerprint density at radius 3 is 3.05 bits per heavy atom. The van der Waals surface area contributed by atoms with Crippen LogP contribution in [0, 0.1) is 5.92 Å². The van der Waals surface area contributed by atoms with E-state index in [4.69, 9.17) is 0 Å². The first-order chi connectivity index (χ1) is 9.56.